The van der Waals surface area contributed by atoms with E-state index in [1.807, 2.05) is 0 Å². The molecular formula is C10H11ClF2N2O6. The molecule has 8 nitrogen and oxygen atoms in total. The van der Waals surface area contributed by atoms with E-state index in [1.54, 1.807) is 4.98 Å². The second-order valence-electron chi connectivity index (χ2n) is 4.50. The molecule has 4 atom stereocenters. The van der Waals surface area contributed by atoms with Crippen molar-refractivity contribution >= 4 is 11.6 Å². The number of hydrogen-bond donors (Lipinski definition) is 4. The Kier molecular flexibility index (Phi) is 4.17. The molecule has 1 aromatic rings. The minimum Gasteiger partial charge on any atom is -0.393 e. The highest BCUT2D eigenvalue weighted by atomic mass is 35.5. The number of halogens is 3. The van der Waals surface area contributed by atoms with E-state index in [4.69, 9.17) is 21.4 Å². The van der Waals surface area contributed by atoms with E-state index < -0.39 is 53.3 Å². The zero-order valence-corrected chi connectivity index (χ0v) is 11.0. The minimum absolute atomic E-state index is 0.446. The number of H-pyrrole nitrogens is 1. The van der Waals surface area contributed by atoms with Gasteiger partial charge in [-0.2, -0.15) is 0 Å². The Morgan fingerprint density at radius 2 is 2.10 bits per heavy atom. The maximum Gasteiger partial charge on any atom is 0.330 e. The number of aromatic nitrogens is 2. The number of aliphatic hydroxyl groups is 3. The predicted molar refractivity (Wildman–Crippen MR) is 64.3 cm³/mol. The van der Waals surface area contributed by atoms with Gasteiger partial charge in [0.2, 0.25) is 0 Å². The quantitative estimate of drug-likeness (QED) is 0.532. The van der Waals surface area contributed by atoms with Gasteiger partial charge in [0.25, 0.3) is 12.0 Å². The highest BCUT2D eigenvalue weighted by Gasteiger charge is 2.60. The van der Waals surface area contributed by atoms with Gasteiger partial charge >= 0.3 is 5.69 Å². The fourth-order valence-corrected chi connectivity index (χ4v) is 2.21. The lowest BCUT2D eigenvalue weighted by atomic mass is 9.96. The first-order valence-corrected chi connectivity index (χ1v) is 6.06. The number of alkyl halides is 2. The van der Waals surface area contributed by atoms with Crippen molar-refractivity contribution in [2.75, 3.05) is 6.61 Å². The van der Waals surface area contributed by atoms with Crippen LogP contribution >= 0.6 is 11.6 Å². The van der Waals surface area contributed by atoms with E-state index in [2.05, 4.69) is 0 Å². The highest BCUT2D eigenvalue weighted by Crippen LogP contribution is 2.40. The second kappa shape index (κ2) is 5.46. The van der Waals surface area contributed by atoms with Crippen LogP contribution in [0, 0.1) is 0 Å². The number of nitrogens with one attached hydrogen (secondary N) is 1. The van der Waals surface area contributed by atoms with Gasteiger partial charge in [-0.25, -0.2) is 13.6 Å². The van der Waals surface area contributed by atoms with Crippen LogP contribution in [0.5, 0.6) is 0 Å². The fraction of sp³-hybridized carbons (Fsp3) is 0.600. The molecule has 0 radical (unpaired) electrons. The largest absolute Gasteiger partial charge is 0.393 e. The second-order valence-corrected chi connectivity index (χ2v) is 4.91. The number of hydrogen-bond acceptors (Lipinski definition) is 6. The summed E-state index contributed by atoms with van der Waals surface area (Å²) in [6.07, 6.45) is -8.38. The van der Waals surface area contributed by atoms with Crippen LogP contribution in [0.2, 0.25) is 5.02 Å². The molecule has 0 amide bonds. The Balaban J connectivity index is 2.50. The summed E-state index contributed by atoms with van der Waals surface area (Å²) in [5.74, 6) is 0. The van der Waals surface area contributed by atoms with Crippen molar-refractivity contribution in [3.63, 3.8) is 0 Å². The summed E-state index contributed by atoms with van der Waals surface area (Å²) in [4.78, 5) is 24.5. The molecule has 1 aliphatic heterocycles. The number of aliphatic hydroxyl groups excluding tert-OH is 3. The first-order valence-electron chi connectivity index (χ1n) is 5.68. The molecule has 0 bridgehead atoms. The molecule has 4 N–H and O–H groups in total. The summed E-state index contributed by atoms with van der Waals surface area (Å²) in [6.45, 7) is -1.29. The number of aromatic amines is 1. The molecule has 0 saturated carbocycles. The summed E-state index contributed by atoms with van der Waals surface area (Å²) in [5, 5.41) is 28.1. The third kappa shape index (κ3) is 2.38. The lowest BCUT2D eigenvalue weighted by molar-refractivity contribution is -0.195. The van der Waals surface area contributed by atoms with Crippen molar-refractivity contribution in [3.8, 4) is 0 Å². The highest BCUT2D eigenvalue weighted by molar-refractivity contribution is 6.30. The molecule has 2 heterocycles. The molecule has 2 rings (SSSR count). The number of rotatable bonds is 3. The number of ether oxygens (including phenoxy) is 1. The van der Waals surface area contributed by atoms with Crippen molar-refractivity contribution in [1.82, 2.24) is 9.55 Å². The van der Waals surface area contributed by atoms with Gasteiger partial charge in [-0.15, -0.1) is 0 Å². The van der Waals surface area contributed by atoms with E-state index in [1.165, 1.54) is 0 Å². The monoisotopic (exact) mass is 328 g/mol. The zero-order valence-electron chi connectivity index (χ0n) is 10.2. The summed E-state index contributed by atoms with van der Waals surface area (Å²) < 4.78 is 31.4. The van der Waals surface area contributed by atoms with Crippen molar-refractivity contribution < 1.29 is 28.8 Å². The molecule has 118 valence electrons. The van der Waals surface area contributed by atoms with Crippen LogP contribution in [0.1, 0.15) is 6.23 Å². The molecule has 11 heteroatoms. The van der Waals surface area contributed by atoms with E-state index in [9.17, 15) is 28.6 Å². The van der Waals surface area contributed by atoms with Crippen LogP contribution in [0.4, 0.5) is 8.78 Å². The Hall–Kier alpha value is -1.33. The topological polar surface area (TPSA) is 125 Å². The first-order chi connectivity index (χ1) is 9.74. The molecule has 1 saturated heterocycles. The first kappa shape index (κ1) is 16.0. The van der Waals surface area contributed by atoms with Crippen molar-refractivity contribution in [2.45, 2.75) is 30.5 Å². The Labute approximate surface area is 120 Å². The van der Waals surface area contributed by atoms with Gasteiger partial charge in [0.05, 0.1) is 6.61 Å². The smallest absolute Gasteiger partial charge is 0.330 e. The van der Waals surface area contributed by atoms with Crippen molar-refractivity contribution in [1.29, 1.82) is 0 Å². The van der Waals surface area contributed by atoms with Crippen LogP contribution in [0.3, 0.4) is 0 Å². The van der Waals surface area contributed by atoms with Gasteiger partial charge in [-0.1, -0.05) is 11.6 Å². The summed E-state index contributed by atoms with van der Waals surface area (Å²) in [7, 11) is 0. The average molecular weight is 329 g/mol. The van der Waals surface area contributed by atoms with Crippen LogP contribution in [0.15, 0.2) is 15.8 Å². The summed E-state index contributed by atoms with van der Waals surface area (Å²) >= 11 is 5.52. The normalized spacial score (nSPS) is 32.8. The Bertz CT molecular complexity index is 649. The summed E-state index contributed by atoms with van der Waals surface area (Å²) in [6, 6.07) is 0. The van der Waals surface area contributed by atoms with Gasteiger partial charge < -0.3 is 20.1 Å². The van der Waals surface area contributed by atoms with Gasteiger partial charge in [0, 0.05) is 6.20 Å². The maximum absolute atomic E-state index is 13.0. The van der Waals surface area contributed by atoms with Crippen molar-refractivity contribution in [2.24, 2.45) is 0 Å². The molecule has 0 aromatic carbocycles. The average Bonchev–Trinajstić information content (AvgIpc) is 2.68. The maximum atomic E-state index is 13.0. The zero-order chi connectivity index (χ0) is 15.9. The standard InChI is InChI=1S/C10H11ClF2N2O6/c11-3-1-15(9(20)14-6(3)19)7-4(17)5(18)10(2-16,21-7)8(12)13/h1,4-5,7-8,16-18H,2H2,(H,14,19,20)/t4?,5?,7-,10-/m0/s1. The molecular weight excluding hydrogens is 318 g/mol. The van der Waals surface area contributed by atoms with Crippen molar-refractivity contribution in [3.05, 3.63) is 32.1 Å². The Morgan fingerprint density at radius 3 is 2.57 bits per heavy atom. The van der Waals surface area contributed by atoms with Crippen LogP contribution in [0.25, 0.3) is 0 Å². The molecule has 2 unspecified atom stereocenters. The third-order valence-corrected chi connectivity index (χ3v) is 3.54. The lowest BCUT2D eigenvalue weighted by Gasteiger charge is -2.28. The molecule has 1 aromatic heterocycles. The summed E-state index contributed by atoms with van der Waals surface area (Å²) in [5.41, 5.74) is -4.73. The lowest BCUT2D eigenvalue weighted by Crippen LogP contribution is -2.52. The van der Waals surface area contributed by atoms with Crippen LogP contribution in [-0.4, -0.2) is 55.7 Å². The molecule has 0 spiro atoms. The molecule has 1 aliphatic rings. The van der Waals surface area contributed by atoms with E-state index in [-0.39, 0.29) is 0 Å². The van der Waals surface area contributed by atoms with Gasteiger partial charge in [-0.3, -0.25) is 14.3 Å². The predicted octanol–water partition coefficient (Wildman–Crippen LogP) is -1.56. The molecule has 0 aliphatic carbocycles. The van der Waals surface area contributed by atoms with E-state index in [0.29, 0.717) is 4.57 Å². The minimum atomic E-state index is -3.33. The van der Waals surface area contributed by atoms with E-state index >= 15 is 0 Å². The fourth-order valence-electron chi connectivity index (χ4n) is 2.06. The Morgan fingerprint density at radius 1 is 1.48 bits per heavy atom. The van der Waals surface area contributed by atoms with Gasteiger partial charge in [-0.05, 0) is 0 Å². The van der Waals surface area contributed by atoms with Gasteiger partial charge in [0.15, 0.2) is 11.8 Å². The molecule has 1 fully saturated rings. The number of nitrogens with zero attached hydrogens (tertiary/aromatic N) is 1. The SMILES string of the molecule is O=c1[nH]c(=O)n([C@H]2O[C@](CO)(C(F)F)C(O)C2O)cc1Cl. The van der Waals surface area contributed by atoms with Crippen LogP contribution < -0.4 is 11.2 Å². The van der Waals surface area contributed by atoms with Gasteiger partial charge in [0.1, 0.15) is 17.2 Å². The van der Waals surface area contributed by atoms with Crippen LogP contribution in [-0.2, 0) is 4.74 Å². The van der Waals surface area contributed by atoms with E-state index in [0.717, 1.165) is 6.20 Å². The third-order valence-electron chi connectivity index (χ3n) is 3.27. The molecule has 21 heavy (non-hydrogen) atoms.